The van der Waals surface area contributed by atoms with Crippen LogP contribution in [0.3, 0.4) is 0 Å². The molecular weight excluding hydrogens is 212 g/mol. The van der Waals surface area contributed by atoms with Crippen molar-refractivity contribution in [2.45, 2.75) is 57.9 Å². The third-order valence-corrected chi connectivity index (χ3v) is 4.48. The van der Waals surface area contributed by atoms with Crippen LogP contribution < -0.4 is 5.73 Å². The quantitative estimate of drug-likeness (QED) is 0.819. The van der Waals surface area contributed by atoms with Gasteiger partial charge in [0.1, 0.15) is 0 Å². The minimum atomic E-state index is 0.323. The van der Waals surface area contributed by atoms with Gasteiger partial charge >= 0.3 is 0 Å². The maximum atomic E-state index is 12.3. The van der Waals surface area contributed by atoms with Crippen LogP contribution in [0.4, 0.5) is 0 Å². The van der Waals surface area contributed by atoms with Gasteiger partial charge in [0.25, 0.3) is 0 Å². The molecule has 1 aliphatic carbocycles. The van der Waals surface area contributed by atoms with Crippen molar-refractivity contribution in [1.82, 2.24) is 4.90 Å². The zero-order valence-corrected chi connectivity index (χ0v) is 11.0. The molecule has 0 aromatic carbocycles. The molecule has 1 saturated heterocycles. The van der Waals surface area contributed by atoms with E-state index in [1.807, 2.05) is 4.90 Å². The van der Waals surface area contributed by atoms with Crippen LogP contribution in [0.5, 0.6) is 0 Å². The van der Waals surface area contributed by atoms with E-state index in [1.54, 1.807) is 0 Å². The summed E-state index contributed by atoms with van der Waals surface area (Å²) in [5.41, 5.74) is 5.72. The highest BCUT2D eigenvalue weighted by atomic mass is 16.2. The third kappa shape index (κ3) is 3.21. The predicted octanol–water partition coefficient (Wildman–Crippen LogP) is 2.15. The molecule has 3 nitrogen and oxygen atoms in total. The van der Waals surface area contributed by atoms with Crippen molar-refractivity contribution < 1.29 is 4.79 Å². The van der Waals surface area contributed by atoms with Crippen LogP contribution in [0.2, 0.25) is 0 Å². The molecule has 0 aromatic heterocycles. The van der Waals surface area contributed by atoms with Crippen LogP contribution in [0.25, 0.3) is 0 Å². The van der Waals surface area contributed by atoms with Gasteiger partial charge in [-0.05, 0) is 37.5 Å². The van der Waals surface area contributed by atoms with E-state index in [9.17, 15) is 4.79 Å². The smallest absolute Gasteiger partial charge is 0.223 e. The Labute approximate surface area is 105 Å². The summed E-state index contributed by atoms with van der Waals surface area (Å²) in [6.07, 6.45) is 8.14. The predicted molar refractivity (Wildman–Crippen MR) is 69.5 cm³/mol. The van der Waals surface area contributed by atoms with Crippen LogP contribution >= 0.6 is 0 Å². The van der Waals surface area contributed by atoms with Gasteiger partial charge in [-0.15, -0.1) is 0 Å². The molecule has 0 radical (unpaired) electrons. The number of likely N-dealkylation sites (tertiary alicyclic amines) is 1. The maximum absolute atomic E-state index is 12.3. The Hall–Kier alpha value is -0.570. The number of amides is 1. The first-order valence-electron chi connectivity index (χ1n) is 7.20. The molecule has 2 N–H and O–H groups in total. The molecule has 2 fully saturated rings. The molecule has 1 aliphatic heterocycles. The summed E-state index contributed by atoms with van der Waals surface area (Å²) in [7, 11) is 0. The van der Waals surface area contributed by atoms with Crippen LogP contribution in [-0.2, 0) is 4.79 Å². The molecule has 3 heteroatoms. The Morgan fingerprint density at radius 1 is 1.29 bits per heavy atom. The summed E-state index contributed by atoms with van der Waals surface area (Å²) in [5, 5.41) is 0. The molecule has 3 atom stereocenters. The fourth-order valence-corrected chi connectivity index (χ4v) is 3.52. The third-order valence-electron chi connectivity index (χ3n) is 4.48. The molecule has 1 heterocycles. The van der Waals surface area contributed by atoms with Crippen LogP contribution in [0, 0.1) is 11.8 Å². The lowest BCUT2D eigenvalue weighted by Crippen LogP contribution is -2.40. The Bertz CT molecular complexity index is 267. The van der Waals surface area contributed by atoms with Gasteiger partial charge in [-0.3, -0.25) is 4.79 Å². The lowest BCUT2D eigenvalue weighted by atomic mass is 9.80. The first-order chi connectivity index (χ1) is 8.20. The topological polar surface area (TPSA) is 46.3 Å². The fourth-order valence-electron chi connectivity index (χ4n) is 3.52. The van der Waals surface area contributed by atoms with Crippen molar-refractivity contribution in [3.8, 4) is 0 Å². The van der Waals surface area contributed by atoms with Gasteiger partial charge in [0, 0.05) is 25.6 Å². The van der Waals surface area contributed by atoms with Crippen molar-refractivity contribution in [3.05, 3.63) is 0 Å². The van der Waals surface area contributed by atoms with E-state index in [2.05, 4.69) is 6.92 Å². The minimum Gasteiger partial charge on any atom is -0.338 e. The second-order valence-electron chi connectivity index (χ2n) is 5.96. The average Bonchev–Trinajstić information content (AvgIpc) is 2.77. The van der Waals surface area contributed by atoms with Gasteiger partial charge < -0.3 is 10.6 Å². The number of carbonyl (C=O) groups is 1. The van der Waals surface area contributed by atoms with E-state index in [0.29, 0.717) is 24.4 Å². The first kappa shape index (κ1) is 12.9. The summed E-state index contributed by atoms with van der Waals surface area (Å²) in [6, 6.07) is 0.323. The molecule has 0 aromatic rings. The second kappa shape index (κ2) is 5.85. The largest absolute Gasteiger partial charge is 0.338 e. The van der Waals surface area contributed by atoms with Gasteiger partial charge in [-0.1, -0.05) is 19.8 Å². The lowest BCUT2D eigenvalue weighted by molar-refractivity contribution is -0.133. The monoisotopic (exact) mass is 238 g/mol. The summed E-state index contributed by atoms with van der Waals surface area (Å²) in [5.74, 6) is 1.80. The number of hydrogen-bond donors (Lipinski definition) is 1. The summed E-state index contributed by atoms with van der Waals surface area (Å²) < 4.78 is 0. The molecule has 0 spiro atoms. The van der Waals surface area contributed by atoms with E-state index in [1.165, 1.54) is 25.7 Å². The Morgan fingerprint density at radius 3 is 2.82 bits per heavy atom. The van der Waals surface area contributed by atoms with Crippen LogP contribution in [0.15, 0.2) is 0 Å². The SMILES string of the molecule is CC1CCCC(CC(=O)N2CCCC2CN)C1. The zero-order chi connectivity index (χ0) is 12.3. The Balaban J connectivity index is 1.83. The van der Waals surface area contributed by atoms with Crippen molar-refractivity contribution >= 4 is 5.91 Å². The van der Waals surface area contributed by atoms with E-state index < -0.39 is 0 Å². The highest BCUT2D eigenvalue weighted by Crippen LogP contribution is 2.31. The molecule has 2 aliphatic rings. The van der Waals surface area contributed by atoms with Crippen molar-refractivity contribution in [1.29, 1.82) is 0 Å². The number of nitrogens with two attached hydrogens (primary N) is 1. The molecule has 1 saturated carbocycles. The van der Waals surface area contributed by atoms with Crippen LogP contribution in [0.1, 0.15) is 51.9 Å². The summed E-state index contributed by atoms with van der Waals surface area (Å²) >= 11 is 0. The summed E-state index contributed by atoms with van der Waals surface area (Å²) in [6.45, 7) is 3.88. The normalized spacial score (nSPS) is 34.0. The van der Waals surface area contributed by atoms with E-state index in [0.717, 1.165) is 31.7 Å². The van der Waals surface area contributed by atoms with Crippen molar-refractivity contribution in [3.63, 3.8) is 0 Å². The van der Waals surface area contributed by atoms with Gasteiger partial charge in [-0.25, -0.2) is 0 Å². The molecule has 2 rings (SSSR count). The van der Waals surface area contributed by atoms with Gasteiger partial charge in [0.15, 0.2) is 0 Å². The maximum Gasteiger partial charge on any atom is 0.223 e. The molecule has 98 valence electrons. The van der Waals surface area contributed by atoms with E-state index >= 15 is 0 Å². The Kier molecular flexibility index (Phi) is 4.43. The number of carbonyl (C=O) groups excluding carboxylic acids is 1. The van der Waals surface area contributed by atoms with Gasteiger partial charge in [-0.2, -0.15) is 0 Å². The number of nitrogens with zero attached hydrogens (tertiary/aromatic N) is 1. The molecule has 17 heavy (non-hydrogen) atoms. The highest BCUT2D eigenvalue weighted by molar-refractivity contribution is 5.77. The Morgan fingerprint density at radius 2 is 2.12 bits per heavy atom. The molecule has 0 bridgehead atoms. The van der Waals surface area contributed by atoms with Crippen molar-refractivity contribution in [2.75, 3.05) is 13.1 Å². The fraction of sp³-hybridized carbons (Fsp3) is 0.929. The van der Waals surface area contributed by atoms with Gasteiger partial charge in [0.2, 0.25) is 5.91 Å². The van der Waals surface area contributed by atoms with Gasteiger partial charge in [0.05, 0.1) is 0 Å². The standard InChI is InChI=1S/C14H26N2O/c1-11-4-2-5-12(8-11)9-14(17)16-7-3-6-13(16)10-15/h11-13H,2-10,15H2,1H3. The zero-order valence-electron chi connectivity index (χ0n) is 11.0. The molecule has 1 amide bonds. The summed E-state index contributed by atoms with van der Waals surface area (Å²) in [4.78, 5) is 14.3. The molecular formula is C14H26N2O. The first-order valence-corrected chi connectivity index (χ1v) is 7.20. The number of rotatable bonds is 3. The van der Waals surface area contributed by atoms with E-state index in [-0.39, 0.29) is 0 Å². The molecule has 3 unspecified atom stereocenters. The second-order valence-corrected chi connectivity index (χ2v) is 5.96. The van der Waals surface area contributed by atoms with Crippen LogP contribution in [-0.4, -0.2) is 29.9 Å². The minimum absolute atomic E-state index is 0.323. The lowest BCUT2D eigenvalue weighted by Gasteiger charge is -2.29. The van der Waals surface area contributed by atoms with E-state index in [4.69, 9.17) is 5.73 Å². The number of hydrogen-bond acceptors (Lipinski definition) is 2. The van der Waals surface area contributed by atoms with Crippen molar-refractivity contribution in [2.24, 2.45) is 17.6 Å². The average molecular weight is 238 g/mol. The highest BCUT2D eigenvalue weighted by Gasteiger charge is 2.30.